The fourth-order valence-corrected chi connectivity index (χ4v) is 3.83. The monoisotopic (exact) mass is 391 g/mol. The molecule has 0 radical (unpaired) electrons. The number of benzene rings is 1. The van der Waals surface area contributed by atoms with Crippen molar-refractivity contribution in [2.75, 3.05) is 32.8 Å². The number of halogens is 2. The smallest absolute Gasteiger partial charge is 0.276 e. The highest BCUT2D eigenvalue weighted by Gasteiger charge is 2.30. The summed E-state index contributed by atoms with van der Waals surface area (Å²) < 4.78 is 34.3. The Morgan fingerprint density at radius 1 is 1.25 bits per heavy atom. The first-order valence-corrected chi connectivity index (χ1v) is 9.53. The first-order chi connectivity index (χ1) is 13.5. The maximum Gasteiger partial charge on any atom is 0.276 e. The SMILES string of the molecule is Cc1c(C(=O)N2CCOC(c3ccc(F)c(F)c3)C2)nnn1C1CCNCC1. The number of carbonyl (C=O) groups is 1. The van der Waals surface area contributed by atoms with Gasteiger partial charge in [0.05, 0.1) is 24.9 Å². The number of morpholine rings is 1. The van der Waals surface area contributed by atoms with Crippen LogP contribution in [0, 0.1) is 18.6 Å². The third-order valence-electron chi connectivity index (χ3n) is 5.45. The van der Waals surface area contributed by atoms with Crippen molar-refractivity contribution in [1.29, 1.82) is 0 Å². The number of hydrogen-bond acceptors (Lipinski definition) is 5. The van der Waals surface area contributed by atoms with Crippen molar-refractivity contribution < 1.29 is 18.3 Å². The third-order valence-corrected chi connectivity index (χ3v) is 5.45. The summed E-state index contributed by atoms with van der Waals surface area (Å²) in [6.45, 7) is 4.70. The topological polar surface area (TPSA) is 72.3 Å². The van der Waals surface area contributed by atoms with Crippen LogP contribution >= 0.6 is 0 Å². The van der Waals surface area contributed by atoms with Gasteiger partial charge in [0.25, 0.3) is 5.91 Å². The fourth-order valence-electron chi connectivity index (χ4n) is 3.83. The maximum absolute atomic E-state index is 13.6. The first-order valence-electron chi connectivity index (χ1n) is 9.53. The van der Waals surface area contributed by atoms with Crippen molar-refractivity contribution in [2.24, 2.45) is 0 Å². The van der Waals surface area contributed by atoms with E-state index in [4.69, 9.17) is 4.74 Å². The summed E-state index contributed by atoms with van der Waals surface area (Å²) >= 11 is 0. The van der Waals surface area contributed by atoms with Crippen LogP contribution in [0.25, 0.3) is 0 Å². The summed E-state index contributed by atoms with van der Waals surface area (Å²) in [6.07, 6.45) is 1.40. The molecule has 0 bridgehead atoms. The van der Waals surface area contributed by atoms with Crippen molar-refractivity contribution in [3.63, 3.8) is 0 Å². The Labute approximate surface area is 161 Å². The number of ether oxygens (including phenoxy) is 1. The second-order valence-corrected chi connectivity index (χ2v) is 7.23. The van der Waals surface area contributed by atoms with Crippen LogP contribution < -0.4 is 5.32 Å². The molecule has 0 aliphatic carbocycles. The number of rotatable bonds is 3. The number of carbonyl (C=O) groups excluding carboxylic acids is 1. The van der Waals surface area contributed by atoms with Crippen molar-refractivity contribution in [1.82, 2.24) is 25.2 Å². The molecule has 1 aromatic carbocycles. The van der Waals surface area contributed by atoms with Gasteiger partial charge in [-0.2, -0.15) is 0 Å². The van der Waals surface area contributed by atoms with E-state index in [2.05, 4.69) is 15.6 Å². The van der Waals surface area contributed by atoms with Crippen LogP contribution in [0.1, 0.15) is 46.7 Å². The highest BCUT2D eigenvalue weighted by atomic mass is 19.2. The van der Waals surface area contributed by atoms with Crippen LogP contribution in [0.2, 0.25) is 0 Å². The molecule has 1 amide bonds. The van der Waals surface area contributed by atoms with E-state index in [1.54, 1.807) is 4.90 Å². The summed E-state index contributed by atoms with van der Waals surface area (Å²) in [6, 6.07) is 3.92. The Morgan fingerprint density at radius 2 is 2.04 bits per heavy atom. The van der Waals surface area contributed by atoms with Crippen LogP contribution in [-0.4, -0.2) is 58.6 Å². The van der Waals surface area contributed by atoms with Gasteiger partial charge in [-0.1, -0.05) is 11.3 Å². The number of amides is 1. The van der Waals surface area contributed by atoms with Crippen LogP contribution in [0.5, 0.6) is 0 Å². The summed E-state index contributed by atoms with van der Waals surface area (Å²) in [7, 11) is 0. The number of aromatic nitrogens is 3. The molecular formula is C19H23F2N5O2. The second kappa shape index (κ2) is 7.92. The minimum Gasteiger partial charge on any atom is -0.370 e. The van der Waals surface area contributed by atoms with E-state index >= 15 is 0 Å². The minimum absolute atomic E-state index is 0.214. The van der Waals surface area contributed by atoms with E-state index in [-0.39, 0.29) is 18.5 Å². The molecule has 7 nitrogen and oxygen atoms in total. The predicted octanol–water partition coefficient (Wildman–Crippen LogP) is 2.00. The quantitative estimate of drug-likeness (QED) is 0.867. The lowest BCUT2D eigenvalue weighted by atomic mass is 10.1. The number of nitrogens with one attached hydrogen (secondary N) is 1. The Kier molecular flexibility index (Phi) is 5.36. The second-order valence-electron chi connectivity index (χ2n) is 7.23. The third kappa shape index (κ3) is 3.64. The van der Waals surface area contributed by atoms with Crippen LogP contribution in [0.4, 0.5) is 8.78 Å². The molecule has 3 heterocycles. The molecule has 4 rings (SSSR count). The fraction of sp³-hybridized carbons (Fsp3) is 0.526. The highest BCUT2D eigenvalue weighted by Crippen LogP contribution is 2.26. The first kappa shape index (κ1) is 18.9. The van der Waals surface area contributed by atoms with Gasteiger partial charge in [0.15, 0.2) is 17.3 Å². The van der Waals surface area contributed by atoms with Crippen molar-refractivity contribution in [2.45, 2.75) is 31.9 Å². The zero-order chi connectivity index (χ0) is 19.7. The van der Waals surface area contributed by atoms with Gasteiger partial charge in [-0.05, 0) is 50.6 Å². The standard InChI is InChI=1S/C19H23F2N5O2/c1-12-18(23-24-26(12)14-4-6-22-7-5-14)19(27)25-8-9-28-17(11-25)13-2-3-15(20)16(21)10-13/h2-3,10,14,17,22H,4-9,11H2,1H3. The van der Waals surface area contributed by atoms with E-state index in [0.717, 1.165) is 43.8 Å². The van der Waals surface area contributed by atoms with Crippen molar-refractivity contribution in [3.8, 4) is 0 Å². The van der Waals surface area contributed by atoms with Crippen molar-refractivity contribution >= 4 is 5.91 Å². The van der Waals surface area contributed by atoms with Gasteiger partial charge in [0, 0.05) is 6.54 Å². The molecule has 9 heteroatoms. The normalized spacial score (nSPS) is 21.1. The maximum atomic E-state index is 13.6. The van der Waals surface area contributed by atoms with Crippen LogP contribution in [0.3, 0.4) is 0 Å². The molecule has 150 valence electrons. The predicted molar refractivity (Wildman–Crippen MR) is 96.9 cm³/mol. The Hall–Kier alpha value is -2.39. The summed E-state index contributed by atoms with van der Waals surface area (Å²) in [4.78, 5) is 14.7. The number of hydrogen-bond donors (Lipinski definition) is 1. The molecule has 28 heavy (non-hydrogen) atoms. The van der Waals surface area contributed by atoms with Gasteiger partial charge in [-0.15, -0.1) is 5.10 Å². The molecule has 2 aromatic rings. The molecule has 0 spiro atoms. The van der Waals surface area contributed by atoms with Gasteiger partial charge in [0.2, 0.25) is 0 Å². The van der Waals surface area contributed by atoms with Gasteiger partial charge in [0.1, 0.15) is 6.10 Å². The van der Waals surface area contributed by atoms with Gasteiger partial charge in [-0.25, -0.2) is 13.5 Å². The molecule has 2 saturated heterocycles. The van der Waals surface area contributed by atoms with Crippen molar-refractivity contribution in [3.05, 3.63) is 46.8 Å². The summed E-state index contributed by atoms with van der Waals surface area (Å²) in [5.74, 6) is -2.04. The molecule has 1 N–H and O–H groups in total. The molecule has 1 aromatic heterocycles. The molecule has 1 unspecified atom stereocenters. The summed E-state index contributed by atoms with van der Waals surface area (Å²) in [5, 5.41) is 11.7. The van der Waals surface area contributed by atoms with E-state index in [1.807, 2.05) is 11.6 Å². The Balaban J connectivity index is 1.50. The number of piperidine rings is 1. The molecule has 2 aliphatic rings. The molecule has 2 aliphatic heterocycles. The zero-order valence-electron chi connectivity index (χ0n) is 15.7. The van der Waals surface area contributed by atoms with Gasteiger partial charge >= 0.3 is 0 Å². The lowest BCUT2D eigenvalue weighted by molar-refractivity contribution is -0.0232. The van der Waals surface area contributed by atoms with Gasteiger partial charge < -0.3 is 15.0 Å². The average molecular weight is 391 g/mol. The molecule has 0 saturated carbocycles. The highest BCUT2D eigenvalue weighted by molar-refractivity contribution is 5.93. The largest absolute Gasteiger partial charge is 0.370 e. The zero-order valence-corrected chi connectivity index (χ0v) is 15.7. The molecule has 2 fully saturated rings. The van der Waals surface area contributed by atoms with E-state index in [1.165, 1.54) is 6.07 Å². The lowest BCUT2D eigenvalue weighted by Crippen LogP contribution is -2.42. The molecular weight excluding hydrogens is 368 g/mol. The van der Waals surface area contributed by atoms with E-state index in [9.17, 15) is 13.6 Å². The summed E-state index contributed by atoms with van der Waals surface area (Å²) in [5.41, 5.74) is 1.60. The van der Waals surface area contributed by atoms with Crippen LogP contribution in [-0.2, 0) is 4.74 Å². The van der Waals surface area contributed by atoms with E-state index in [0.29, 0.717) is 24.4 Å². The Bertz CT molecular complexity index is 866. The van der Waals surface area contributed by atoms with Gasteiger partial charge in [-0.3, -0.25) is 4.79 Å². The Morgan fingerprint density at radius 3 is 2.79 bits per heavy atom. The van der Waals surface area contributed by atoms with Crippen LogP contribution in [0.15, 0.2) is 18.2 Å². The molecule has 1 atom stereocenters. The number of nitrogens with zero attached hydrogens (tertiary/aromatic N) is 4. The lowest BCUT2D eigenvalue weighted by Gasteiger charge is -2.33. The average Bonchev–Trinajstić information content (AvgIpc) is 3.11. The minimum atomic E-state index is -0.926. The van der Waals surface area contributed by atoms with E-state index < -0.39 is 17.7 Å².